The van der Waals surface area contributed by atoms with E-state index in [9.17, 15) is 9.59 Å². The summed E-state index contributed by atoms with van der Waals surface area (Å²) in [6.45, 7) is 3.66. The Morgan fingerprint density at radius 1 is 0.745 bits per heavy atom. The summed E-state index contributed by atoms with van der Waals surface area (Å²) in [7, 11) is 0. The van der Waals surface area contributed by atoms with Crippen molar-refractivity contribution in [2.75, 3.05) is 26.2 Å². The number of pyridine rings is 2. The van der Waals surface area contributed by atoms with Gasteiger partial charge in [0, 0.05) is 37.4 Å². The zero-order chi connectivity index (χ0) is 32.9. The highest BCUT2D eigenvalue weighted by molar-refractivity contribution is 6.68. The van der Waals surface area contributed by atoms with Gasteiger partial charge in [0.15, 0.2) is 0 Å². The summed E-state index contributed by atoms with van der Waals surface area (Å²) in [6, 6.07) is 25.4. The predicted molar refractivity (Wildman–Crippen MR) is 185 cm³/mol. The number of halogens is 3. The van der Waals surface area contributed by atoms with Gasteiger partial charge < -0.3 is 10.2 Å². The fraction of sp³-hybridized carbons (Fsp3) is 0.263. The molecule has 4 heterocycles. The van der Waals surface area contributed by atoms with Crippen LogP contribution in [0.4, 0.5) is 0 Å². The number of hydrogen-bond donors (Lipinski definition) is 1. The van der Waals surface area contributed by atoms with Crippen LogP contribution in [0.25, 0.3) is 0 Å². The van der Waals surface area contributed by atoms with Gasteiger partial charge in [0.1, 0.15) is 11.4 Å². The van der Waals surface area contributed by atoms with Crippen LogP contribution in [0, 0.1) is 46.3 Å². The van der Waals surface area contributed by atoms with Crippen molar-refractivity contribution in [1.82, 2.24) is 20.2 Å². The molecule has 4 fully saturated rings. The van der Waals surface area contributed by atoms with E-state index in [0.717, 1.165) is 43.4 Å². The van der Waals surface area contributed by atoms with E-state index < -0.39 is 5.24 Å². The first-order valence-electron chi connectivity index (χ1n) is 15.4. The molecule has 4 aromatic rings. The zero-order valence-corrected chi connectivity index (χ0v) is 27.7. The standard InChI is InChI=1S/C19H15ClN2O.C12H12N2.C7H4Cl2O/c20-17-7-2-1-6-16(17)18(23)22-12-14-11-19(14,13-22)9-8-15-5-3-4-10-21-15;1-2-6-14-11(3-1)4-5-12-7-10(12)8-13-9-12;8-6-4-2-1-3-5(6)7(9)10/h1-7,10,14H,11-13H2;1-3,6,10,13H,7-9H2;1-4H. The molecule has 4 aliphatic rings. The Labute approximate surface area is 289 Å². The molecule has 236 valence electrons. The van der Waals surface area contributed by atoms with E-state index in [1.807, 2.05) is 53.4 Å². The quantitative estimate of drug-likeness (QED) is 0.182. The SMILES string of the molecule is C(#CC12CNCC1C2)c1ccccn1.O=C(Cl)c1ccccc1Cl.O=C(c1ccccc1Cl)N1CC2CC2(C#Cc2ccccn2)C1. The Morgan fingerprint density at radius 2 is 1.30 bits per heavy atom. The lowest BCUT2D eigenvalue weighted by Crippen LogP contribution is -2.31. The van der Waals surface area contributed by atoms with Crippen molar-refractivity contribution in [3.05, 3.63) is 130 Å². The van der Waals surface area contributed by atoms with Crippen molar-refractivity contribution in [3.63, 3.8) is 0 Å². The van der Waals surface area contributed by atoms with E-state index >= 15 is 0 Å². The first-order valence-corrected chi connectivity index (χ1v) is 16.5. The van der Waals surface area contributed by atoms with Crippen LogP contribution in [-0.2, 0) is 0 Å². The number of nitrogens with zero attached hydrogens (tertiary/aromatic N) is 3. The molecule has 0 radical (unpaired) electrons. The summed E-state index contributed by atoms with van der Waals surface area (Å²) in [6.07, 6.45) is 5.88. The van der Waals surface area contributed by atoms with Gasteiger partial charge in [-0.2, -0.15) is 0 Å². The van der Waals surface area contributed by atoms with Crippen LogP contribution in [0.3, 0.4) is 0 Å². The molecule has 0 bridgehead atoms. The monoisotopic (exact) mass is 680 g/mol. The van der Waals surface area contributed by atoms with Crippen LogP contribution >= 0.6 is 34.8 Å². The summed E-state index contributed by atoms with van der Waals surface area (Å²) in [5, 5.41) is 3.75. The number of carbonyl (C=O) groups is 2. The maximum atomic E-state index is 12.6. The molecule has 6 nitrogen and oxygen atoms in total. The predicted octanol–water partition coefficient (Wildman–Crippen LogP) is 7.01. The van der Waals surface area contributed by atoms with Gasteiger partial charge in [0.2, 0.25) is 0 Å². The molecule has 2 saturated carbocycles. The van der Waals surface area contributed by atoms with Crippen LogP contribution in [0.2, 0.25) is 10.0 Å². The third kappa shape index (κ3) is 7.87. The molecule has 1 amide bonds. The molecule has 9 heteroatoms. The van der Waals surface area contributed by atoms with Crippen molar-refractivity contribution in [1.29, 1.82) is 0 Å². The number of hydrogen-bond acceptors (Lipinski definition) is 5. The molecular weight excluding hydrogens is 651 g/mol. The number of aromatic nitrogens is 2. The molecule has 47 heavy (non-hydrogen) atoms. The first-order chi connectivity index (χ1) is 22.8. The Bertz CT molecular complexity index is 1900. The summed E-state index contributed by atoms with van der Waals surface area (Å²) in [5.41, 5.74) is 2.85. The number of nitrogens with one attached hydrogen (secondary N) is 1. The second-order valence-corrected chi connectivity index (χ2v) is 13.3. The Balaban J connectivity index is 0.000000137. The van der Waals surface area contributed by atoms with E-state index in [1.165, 1.54) is 6.42 Å². The zero-order valence-electron chi connectivity index (χ0n) is 25.4. The number of carbonyl (C=O) groups excluding carboxylic acids is 2. The van der Waals surface area contributed by atoms with Gasteiger partial charge in [-0.3, -0.25) is 9.59 Å². The van der Waals surface area contributed by atoms with Gasteiger partial charge in [-0.1, -0.05) is 71.4 Å². The topological polar surface area (TPSA) is 75.2 Å². The lowest BCUT2D eigenvalue weighted by Gasteiger charge is -2.19. The van der Waals surface area contributed by atoms with Gasteiger partial charge in [0.25, 0.3) is 11.1 Å². The highest BCUT2D eigenvalue weighted by atomic mass is 35.5. The highest BCUT2D eigenvalue weighted by Crippen LogP contribution is 2.57. The fourth-order valence-electron chi connectivity index (χ4n) is 6.04. The van der Waals surface area contributed by atoms with Crippen molar-refractivity contribution < 1.29 is 9.59 Å². The van der Waals surface area contributed by atoms with Crippen molar-refractivity contribution in [3.8, 4) is 23.7 Å². The number of piperidine rings is 2. The minimum Gasteiger partial charge on any atom is -0.337 e. The second-order valence-electron chi connectivity index (χ2n) is 12.1. The van der Waals surface area contributed by atoms with E-state index in [4.69, 9.17) is 34.8 Å². The first kappa shape index (κ1) is 32.8. The average Bonchev–Trinajstić information content (AvgIpc) is 3.88. The molecule has 2 aliphatic heterocycles. The summed E-state index contributed by atoms with van der Waals surface area (Å²) in [5.74, 6) is 14.3. The third-order valence-corrected chi connectivity index (χ3v) is 9.76. The molecule has 2 aliphatic carbocycles. The van der Waals surface area contributed by atoms with E-state index in [1.54, 1.807) is 48.8 Å². The summed E-state index contributed by atoms with van der Waals surface area (Å²) >= 11 is 16.9. The Hall–Kier alpha value is -4.17. The fourth-order valence-corrected chi connectivity index (χ4v) is 6.69. The van der Waals surface area contributed by atoms with Gasteiger partial charge in [-0.15, -0.1) is 0 Å². The number of rotatable bonds is 2. The lowest BCUT2D eigenvalue weighted by molar-refractivity contribution is 0.0770. The minimum atomic E-state index is -0.523. The van der Waals surface area contributed by atoms with E-state index in [-0.39, 0.29) is 11.3 Å². The van der Waals surface area contributed by atoms with Crippen LogP contribution in [-0.4, -0.2) is 52.2 Å². The molecule has 4 atom stereocenters. The Morgan fingerprint density at radius 3 is 1.79 bits per heavy atom. The third-order valence-electron chi connectivity index (χ3n) is 8.89. The van der Waals surface area contributed by atoms with Gasteiger partial charge in [-0.05, 0) is 103 Å². The molecule has 2 aromatic heterocycles. The molecule has 1 N–H and O–H groups in total. The largest absolute Gasteiger partial charge is 0.337 e. The van der Waals surface area contributed by atoms with Crippen molar-refractivity contribution >= 4 is 46.0 Å². The van der Waals surface area contributed by atoms with Gasteiger partial charge in [0.05, 0.1) is 26.6 Å². The van der Waals surface area contributed by atoms with Crippen LogP contribution in [0.1, 0.15) is 44.9 Å². The normalized spacial score (nSPS) is 23.9. The maximum absolute atomic E-state index is 12.6. The number of amides is 1. The van der Waals surface area contributed by atoms with Crippen LogP contribution < -0.4 is 5.32 Å². The lowest BCUT2D eigenvalue weighted by atomic mass is 10.1. The van der Waals surface area contributed by atoms with E-state index in [2.05, 4.69) is 39.0 Å². The average molecular weight is 682 g/mol. The molecule has 2 saturated heterocycles. The molecular formula is C38H31Cl3N4O2. The smallest absolute Gasteiger partial charge is 0.255 e. The number of benzene rings is 2. The van der Waals surface area contributed by atoms with Crippen LogP contribution in [0.15, 0.2) is 97.3 Å². The van der Waals surface area contributed by atoms with Crippen LogP contribution in [0.5, 0.6) is 0 Å². The molecule has 8 rings (SSSR count). The van der Waals surface area contributed by atoms with Crippen molar-refractivity contribution in [2.45, 2.75) is 12.8 Å². The number of fused-ring (bicyclic) bond motifs is 2. The maximum Gasteiger partial charge on any atom is 0.255 e. The minimum absolute atomic E-state index is 0.00168. The van der Waals surface area contributed by atoms with E-state index in [0.29, 0.717) is 39.0 Å². The molecule has 2 aromatic carbocycles. The summed E-state index contributed by atoms with van der Waals surface area (Å²) < 4.78 is 0. The van der Waals surface area contributed by atoms with Crippen molar-refractivity contribution in [2.24, 2.45) is 22.7 Å². The molecule has 0 spiro atoms. The van der Waals surface area contributed by atoms with Gasteiger partial charge in [-0.25, -0.2) is 9.97 Å². The molecule has 4 unspecified atom stereocenters. The number of likely N-dealkylation sites (tertiary alicyclic amines) is 1. The highest BCUT2D eigenvalue weighted by Gasteiger charge is 2.60. The van der Waals surface area contributed by atoms with Gasteiger partial charge >= 0.3 is 0 Å². The summed E-state index contributed by atoms with van der Waals surface area (Å²) in [4.78, 5) is 33.5. The second kappa shape index (κ2) is 14.3. The Kier molecular flexibility index (Phi) is 9.97.